The lowest BCUT2D eigenvalue weighted by Gasteiger charge is -2.49. The molecule has 0 heterocycles. The van der Waals surface area contributed by atoms with Gasteiger partial charge in [0.25, 0.3) is 0 Å². The highest BCUT2D eigenvalue weighted by atomic mass is 16.4. The SMILES string of the molecule is OC1CCC2C(O)C(O)C(O)C(O)C2C1O. The van der Waals surface area contributed by atoms with Crippen molar-refractivity contribution in [1.82, 2.24) is 0 Å². The Balaban J connectivity index is 2.24. The lowest BCUT2D eigenvalue weighted by molar-refractivity contribution is -0.225. The van der Waals surface area contributed by atoms with Crippen molar-refractivity contribution in [3.63, 3.8) is 0 Å². The summed E-state index contributed by atoms with van der Waals surface area (Å²) < 4.78 is 0. The zero-order valence-electron chi connectivity index (χ0n) is 8.72. The van der Waals surface area contributed by atoms with Gasteiger partial charge < -0.3 is 30.6 Å². The van der Waals surface area contributed by atoms with E-state index < -0.39 is 48.5 Å². The monoisotopic (exact) mass is 234 g/mol. The highest BCUT2D eigenvalue weighted by molar-refractivity contribution is 5.03. The molecule has 0 radical (unpaired) electrons. The molecule has 8 unspecified atom stereocenters. The first kappa shape index (κ1) is 12.2. The summed E-state index contributed by atoms with van der Waals surface area (Å²) in [5, 5.41) is 57.8. The molecule has 0 aromatic heterocycles. The highest BCUT2D eigenvalue weighted by Crippen LogP contribution is 2.41. The second-order valence-electron chi connectivity index (χ2n) is 4.84. The molecule has 94 valence electrons. The molecule has 0 aromatic rings. The molecule has 6 N–H and O–H groups in total. The van der Waals surface area contributed by atoms with Gasteiger partial charge in [-0.2, -0.15) is 0 Å². The molecule has 0 aliphatic heterocycles. The lowest BCUT2D eigenvalue weighted by Crippen LogP contribution is -2.64. The molecule has 16 heavy (non-hydrogen) atoms. The largest absolute Gasteiger partial charge is 0.390 e. The number of fused-ring (bicyclic) bond motifs is 1. The zero-order valence-corrected chi connectivity index (χ0v) is 8.72. The van der Waals surface area contributed by atoms with Gasteiger partial charge in [-0.1, -0.05) is 0 Å². The number of aliphatic hydroxyl groups excluding tert-OH is 6. The molecule has 0 aromatic carbocycles. The van der Waals surface area contributed by atoms with Crippen LogP contribution in [0.2, 0.25) is 0 Å². The number of aliphatic hydroxyl groups is 6. The van der Waals surface area contributed by atoms with E-state index in [1.54, 1.807) is 0 Å². The van der Waals surface area contributed by atoms with Gasteiger partial charge in [-0.3, -0.25) is 0 Å². The molecule has 6 nitrogen and oxygen atoms in total. The average molecular weight is 234 g/mol. The Labute approximate surface area is 92.8 Å². The molecule has 2 aliphatic carbocycles. The fourth-order valence-electron chi connectivity index (χ4n) is 2.97. The molecular formula is C10H18O6. The van der Waals surface area contributed by atoms with E-state index >= 15 is 0 Å². The minimum absolute atomic E-state index is 0.314. The van der Waals surface area contributed by atoms with Crippen LogP contribution < -0.4 is 0 Å². The molecule has 0 spiro atoms. The highest BCUT2D eigenvalue weighted by Gasteiger charge is 2.54. The summed E-state index contributed by atoms with van der Waals surface area (Å²) in [4.78, 5) is 0. The Morgan fingerprint density at radius 3 is 1.75 bits per heavy atom. The second-order valence-corrected chi connectivity index (χ2v) is 4.84. The van der Waals surface area contributed by atoms with Gasteiger partial charge in [0.05, 0.1) is 24.4 Å². The van der Waals surface area contributed by atoms with Crippen LogP contribution in [0.5, 0.6) is 0 Å². The average Bonchev–Trinajstić information content (AvgIpc) is 2.27. The fourth-order valence-corrected chi connectivity index (χ4v) is 2.97. The first-order valence-corrected chi connectivity index (χ1v) is 5.53. The second kappa shape index (κ2) is 4.21. The zero-order chi connectivity index (χ0) is 12.0. The van der Waals surface area contributed by atoms with Crippen LogP contribution in [0.3, 0.4) is 0 Å². The lowest BCUT2D eigenvalue weighted by atomic mass is 9.64. The third-order valence-electron chi connectivity index (χ3n) is 3.96. The third kappa shape index (κ3) is 1.66. The summed E-state index contributed by atoms with van der Waals surface area (Å²) in [6.07, 6.45) is -6.80. The van der Waals surface area contributed by atoms with Crippen molar-refractivity contribution in [1.29, 1.82) is 0 Å². The topological polar surface area (TPSA) is 121 Å². The standard InChI is InChI=1S/C10H18O6/c11-4-2-1-3-5(7(4)13)8(14)10(16)9(15)6(3)12/h3-16H,1-2H2. The first-order chi connectivity index (χ1) is 7.45. The number of hydrogen-bond acceptors (Lipinski definition) is 6. The Kier molecular flexibility index (Phi) is 3.22. The van der Waals surface area contributed by atoms with Crippen molar-refractivity contribution in [2.75, 3.05) is 0 Å². The summed E-state index contributed by atoms with van der Waals surface area (Å²) in [6.45, 7) is 0. The van der Waals surface area contributed by atoms with Crippen molar-refractivity contribution >= 4 is 0 Å². The van der Waals surface area contributed by atoms with Gasteiger partial charge in [-0.25, -0.2) is 0 Å². The first-order valence-electron chi connectivity index (χ1n) is 5.53. The van der Waals surface area contributed by atoms with Crippen molar-refractivity contribution in [2.45, 2.75) is 49.5 Å². The van der Waals surface area contributed by atoms with Crippen molar-refractivity contribution in [3.8, 4) is 0 Å². The smallest absolute Gasteiger partial charge is 0.109 e. The molecule has 2 saturated carbocycles. The summed E-state index contributed by atoms with van der Waals surface area (Å²) in [6, 6.07) is 0. The van der Waals surface area contributed by atoms with Crippen molar-refractivity contribution in [3.05, 3.63) is 0 Å². The van der Waals surface area contributed by atoms with Crippen LogP contribution in [0.15, 0.2) is 0 Å². The minimum Gasteiger partial charge on any atom is -0.390 e. The summed E-state index contributed by atoms with van der Waals surface area (Å²) >= 11 is 0. The van der Waals surface area contributed by atoms with E-state index in [4.69, 9.17) is 0 Å². The van der Waals surface area contributed by atoms with E-state index in [1.165, 1.54) is 0 Å². The van der Waals surface area contributed by atoms with Gasteiger partial charge in [0.1, 0.15) is 12.2 Å². The minimum atomic E-state index is -1.49. The van der Waals surface area contributed by atoms with Gasteiger partial charge in [-0.15, -0.1) is 0 Å². The van der Waals surface area contributed by atoms with Crippen LogP contribution in [-0.2, 0) is 0 Å². The maximum Gasteiger partial charge on any atom is 0.109 e. The number of hydrogen-bond donors (Lipinski definition) is 6. The van der Waals surface area contributed by atoms with Crippen LogP contribution in [0.25, 0.3) is 0 Å². The van der Waals surface area contributed by atoms with Gasteiger partial charge >= 0.3 is 0 Å². The maximum atomic E-state index is 9.76. The van der Waals surface area contributed by atoms with E-state index in [0.717, 1.165) is 0 Å². The molecule has 2 aliphatic rings. The van der Waals surface area contributed by atoms with E-state index in [0.29, 0.717) is 12.8 Å². The third-order valence-corrected chi connectivity index (χ3v) is 3.96. The van der Waals surface area contributed by atoms with E-state index in [-0.39, 0.29) is 0 Å². The van der Waals surface area contributed by atoms with E-state index in [1.807, 2.05) is 0 Å². The van der Waals surface area contributed by atoms with Gasteiger partial charge in [0, 0.05) is 5.92 Å². The van der Waals surface area contributed by atoms with E-state index in [9.17, 15) is 30.6 Å². The van der Waals surface area contributed by atoms with Crippen LogP contribution in [0.4, 0.5) is 0 Å². The van der Waals surface area contributed by atoms with Crippen LogP contribution in [0, 0.1) is 11.8 Å². The van der Waals surface area contributed by atoms with Gasteiger partial charge in [-0.05, 0) is 18.8 Å². The van der Waals surface area contributed by atoms with Crippen molar-refractivity contribution < 1.29 is 30.6 Å². The molecule has 8 atom stereocenters. The molecule has 2 rings (SSSR count). The summed E-state index contributed by atoms with van der Waals surface area (Å²) in [5.74, 6) is -1.29. The molecule has 0 bridgehead atoms. The predicted molar refractivity (Wildman–Crippen MR) is 52.3 cm³/mol. The van der Waals surface area contributed by atoms with E-state index in [2.05, 4.69) is 0 Å². The predicted octanol–water partition coefficient (Wildman–Crippen LogP) is -2.81. The Hall–Kier alpha value is -0.240. The Bertz CT molecular complexity index is 260. The van der Waals surface area contributed by atoms with Crippen LogP contribution in [-0.4, -0.2) is 67.3 Å². The molecule has 0 saturated heterocycles. The number of rotatable bonds is 0. The quantitative estimate of drug-likeness (QED) is 0.269. The normalized spacial score (nSPS) is 58.1. The van der Waals surface area contributed by atoms with Crippen molar-refractivity contribution in [2.24, 2.45) is 11.8 Å². The molecular weight excluding hydrogens is 216 g/mol. The summed E-state index contributed by atoms with van der Waals surface area (Å²) in [7, 11) is 0. The maximum absolute atomic E-state index is 9.76. The van der Waals surface area contributed by atoms with Crippen LogP contribution >= 0.6 is 0 Å². The molecule has 2 fully saturated rings. The van der Waals surface area contributed by atoms with Gasteiger partial charge in [0.15, 0.2) is 0 Å². The van der Waals surface area contributed by atoms with Gasteiger partial charge in [0.2, 0.25) is 0 Å². The summed E-state index contributed by atoms with van der Waals surface area (Å²) in [5.41, 5.74) is 0. The Morgan fingerprint density at radius 1 is 0.562 bits per heavy atom. The fraction of sp³-hybridized carbons (Fsp3) is 1.00. The Morgan fingerprint density at radius 2 is 1.12 bits per heavy atom. The van der Waals surface area contributed by atoms with Crippen LogP contribution in [0.1, 0.15) is 12.8 Å². The molecule has 0 amide bonds. The molecule has 6 heteroatoms.